The van der Waals surface area contributed by atoms with Crippen LogP contribution in [0.1, 0.15) is 44.9 Å². The lowest BCUT2D eigenvalue weighted by atomic mass is 9.74. The molecule has 2 atom stereocenters. The minimum Gasteiger partial charge on any atom is -0.481 e. The topological polar surface area (TPSA) is 49.3 Å². The van der Waals surface area contributed by atoms with Crippen LogP contribution in [0.3, 0.4) is 0 Å². The second-order valence-corrected chi connectivity index (χ2v) is 5.52. The van der Waals surface area contributed by atoms with Gasteiger partial charge in [0.2, 0.25) is 0 Å². The number of carboxylic acids is 1. The van der Waals surface area contributed by atoms with Crippen LogP contribution >= 0.6 is 12.4 Å². The molecule has 1 aliphatic carbocycles. The molecule has 0 aromatic rings. The van der Waals surface area contributed by atoms with Gasteiger partial charge >= 0.3 is 5.97 Å². The number of rotatable bonds is 3. The highest BCUT2D eigenvalue weighted by Gasteiger charge is 2.29. The van der Waals surface area contributed by atoms with Crippen LogP contribution in [0.15, 0.2) is 0 Å². The molecule has 0 amide bonds. The highest BCUT2D eigenvalue weighted by atomic mass is 35.5. The fourth-order valence-electron chi connectivity index (χ4n) is 3.43. The first-order valence-electron chi connectivity index (χ1n) is 6.68. The van der Waals surface area contributed by atoms with Crippen molar-refractivity contribution >= 4 is 18.4 Å². The van der Waals surface area contributed by atoms with Crippen LogP contribution < -0.4 is 5.32 Å². The average molecular weight is 262 g/mol. The van der Waals surface area contributed by atoms with Gasteiger partial charge in [0.25, 0.3) is 0 Å². The minimum atomic E-state index is -0.643. The molecule has 2 fully saturated rings. The molecule has 0 radical (unpaired) electrons. The number of hydrogen-bond donors (Lipinski definition) is 2. The van der Waals surface area contributed by atoms with Gasteiger partial charge in [0.1, 0.15) is 0 Å². The predicted molar refractivity (Wildman–Crippen MR) is 70.5 cm³/mol. The number of hydrogen-bond acceptors (Lipinski definition) is 2. The van der Waals surface area contributed by atoms with Crippen LogP contribution in [-0.2, 0) is 4.79 Å². The van der Waals surface area contributed by atoms with Gasteiger partial charge in [-0.1, -0.05) is 32.1 Å². The second kappa shape index (κ2) is 7.22. The standard InChI is InChI=1S/C13H23NO2.ClH/c15-13(16)7-10-6-12(9-14-8-10)11-4-2-1-3-5-11;/h10-12,14H,1-9H2,(H,15,16);1H. The molecule has 4 heteroatoms. The van der Waals surface area contributed by atoms with Crippen LogP contribution in [0, 0.1) is 17.8 Å². The monoisotopic (exact) mass is 261 g/mol. The van der Waals surface area contributed by atoms with Crippen molar-refractivity contribution in [1.82, 2.24) is 5.32 Å². The van der Waals surface area contributed by atoms with E-state index in [1.807, 2.05) is 0 Å². The van der Waals surface area contributed by atoms with Crippen LogP contribution in [0.2, 0.25) is 0 Å². The maximum atomic E-state index is 10.7. The molecule has 1 heterocycles. The van der Waals surface area contributed by atoms with Crippen LogP contribution in [0.25, 0.3) is 0 Å². The number of piperidine rings is 1. The van der Waals surface area contributed by atoms with E-state index in [2.05, 4.69) is 5.32 Å². The Bertz CT molecular complexity index is 242. The van der Waals surface area contributed by atoms with Crippen molar-refractivity contribution in [1.29, 1.82) is 0 Å². The normalized spacial score (nSPS) is 30.6. The highest BCUT2D eigenvalue weighted by molar-refractivity contribution is 5.85. The smallest absolute Gasteiger partial charge is 0.303 e. The Morgan fingerprint density at radius 3 is 2.47 bits per heavy atom. The number of halogens is 1. The summed E-state index contributed by atoms with van der Waals surface area (Å²) in [5.74, 6) is 1.31. The lowest BCUT2D eigenvalue weighted by Gasteiger charge is -2.36. The number of aliphatic carboxylic acids is 1. The highest BCUT2D eigenvalue weighted by Crippen LogP contribution is 2.35. The van der Waals surface area contributed by atoms with Gasteiger partial charge in [0.15, 0.2) is 0 Å². The quantitative estimate of drug-likeness (QED) is 0.821. The summed E-state index contributed by atoms with van der Waals surface area (Å²) in [7, 11) is 0. The summed E-state index contributed by atoms with van der Waals surface area (Å²) in [4.78, 5) is 10.7. The molecule has 100 valence electrons. The van der Waals surface area contributed by atoms with Gasteiger partial charge in [-0.25, -0.2) is 0 Å². The fourth-order valence-corrected chi connectivity index (χ4v) is 3.43. The first-order chi connectivity index (χ1) is 7.75. The van der Waals surface area contributed by atoms with Crippen molar-refractivity contribution < 1.29 is 9.90 Å². The van der Waals surface area contributed by atoms with E-state index in [0.29, 0.717) is 12.3 Å². The summed E-state index contributed by atoms with van der Waals surface area (Å²) >= 11 is 0. The van der Waals surface area contributed by atoms with Crippen LogP contribution in [0.4, 0.5) is 0 Å². The molecule has 2 N–H and O–H groups in total. The summed E-state index contributed by atoms with van der Waals surface area (Å²) in [5, 5.41) is 12.3. The van der Waals surface area contributed by atoms with Crippen molar-refractivity contribution in [2.24, 2.45) is 17.8 Å². The van der Waals surface area contributed by atoms with Crippen molar-refractivity contribution in [2.75, 3.05) is 13.1 Å². The molecule has 2 rings (SSSR count). The predicted octanol–water partition coefficient (Wildman–Crippen LogP) is 2.69. The molecule has 1 saturated heterocycles. The van der Waals surface area contributed by atoms with Gasteiger partial charge < -0.3 is 10.4 Å². The molecule has 1 saturated carbocycles. The summed E-state index contributed by atoms with van der Waals surface area (Å²) in [6.45, 7) is 2.01. The van der Waals surface area contributed by atoms with E-state index in [4.69, 9.17) is 5.11 Å². The summed E-state index contributed by atoms with van der Waals surface area (Å²) in [6.07, 6.45) is 8.36. The fraction of sp³-hybridized carbons (Fsp3) is 0.923. The van der Waals surface area contributed by atoms with E-state index in [0.717, 1.165) is 31.3 Å². The van der Waals surface area contributed by atoms with E-state index < -0.39 is 5.97 Å². The third-order valence-electron chi connectivity index (χ3n) is 4.26. The number of nitrogens with one attached hydrogen (secondary N) is 1. The molecule has 2 unspecified atom stereocenters. The molecular weight excluding hydrogens is 238 g/mol. The first kappa shape index (κ1) is 14.8. The van der Waals surface area contributed by atoms with E-state index >= 15 is 0 Å². The zero-order valence-electron chi connectivity index (χ0n) is 10.4. The molecule has 1 aliphatic heterocycles. The summed E-state index contributed by atoms with van der Waals surface area (Å²) in [6, 6.07) is 0. The number of carbonyl (C=O) groups is 1. The Labute approximate surface area is 110 Å². The van der Waals surface area contributed by atoms with Crippen molar-refractivity contribution in [3.63, 3.8) is 0 Å². The Balaban J connectivity index is 0.00000144. The third kappa shape index (κ3) is 4.47. The van der Waals surface area contributed by atoms with Crippen LogP contribution in [-0.4, -0.2) is 24.2 Å². The maximum Gasteiger partial charge on any atom is 0.303 e. The van der Waals surface area contributed by atoms with E-state index in [1.165, 1.54) is 32.1 Å². The van der Waals surface area contributed by atoms with Gasteiger partial charge in [-0.2, -0.15) is 0 Å². The third-order valence-corrected chi connectivity index (χ3v) is 4.26. The molecule has 0 bridgehead atoms. The summed E-state index contributed by atoms with van der Waals surface area (Å²) in [5.41, 5.74) is 0. The maximum absolute atomic E-state index is 10.7. The van der Waals surface area contributed by atoms with Crippen molar-refractivity contribution in [3.8, 4) is 0 Å². The van der Waals surface area contributed by atoms with E-state index in [1.54, 1.807) is 0 Å². The molecule has 2 aliphatic rings. The van der Waals surface area contributed by atoms with Crippen LogP contribution in [0.5, 0.6) is 0 Å². The van der Waals surface area contributed by atoms with Crippen molar-refractivity contribution in [3.05, 3.63) is 0 Å². The Kier molecular flexibility index (Phi) is 6.28. The molecule has 0 spiro atoms. The van der Waals surface area contributed by atoms with Gasteiger partial charge in [-0.05, 0) is 37.3 Å². The van der Waals surface area contributed by atoms with Gasteiger partial charge in [0, 0.05) is 6.42 Å². The molecule has 3 nitrogen and oxygen atoms in total. The zero-order valence-corrected chi connectivity index (χ0v) is 11.2. The molecule has 17 heavy (non-hydrogen) atoms. The molecular formula is C13H24ClNO2. The Morgan fingerprint density at radius 1 is 1.12 bits per heavy atom. The van der Waals surface area contributed by atoms with Crippen molar-refractivity contribution in [2.45, 2.75) is 44.9 Å². The lowest BCUT2D eigenvalue weighted by Crippen LogP contribution is -2.40. The largest absolute Gasteiger partial charge is 0.481 e. The summed E-state index contributed by atoms with van der Waals surface area (Å²) < 4.78 is 0. The molecule has 0 aromatic heterocycles. The van der Waals surface area contributed by atoms with E-state index in [9.17, 15) is 4.79 Å². The number of carboxylic acid groups (broad SMARTS) is 1. The Hall–Kier alpha value is -0.280. The van der Waals surface area contributed by atoms with Gasteiger partial charge in [-0.3, -0.25) is 4.79 Å². The lowest BCUT2D eigenvalue weighted by molar-refractivity contribution is -0.138. The Morgan fingerprint density at radius 2 is 1.82 bits per heavy atom. The molecule has 0 aromatic carbocycles. The van der Waals surface area contributed by atoms with Gasteiger partial charge in [0.05, 0.1) is 0 Å². The SMILES string of the molecule is Cl.O=C(O)CC1CNCC(C2CCCCC2)C1. The first-order valence-corrected chi connectivity index (χ1v) is 6.68. The average Bonchev–Trinajstić information content (AvgIpc) is 2.30. The minimum absolute atomic E-state index is 0. The van der Waals surface area contributed by atoms with E-state index in [-0.39, 0.29) is 12.4 Å². The zero-order chi connectivity index (χ0) is 11.4. The van der Waals surface area contributed by atoms with Gasteiger partial charge in [-0.15, -0.1) is 12.4 Å². The second-order valence-electron chi connectivity index (χ2n) is 5.52.